The molecule has 0 bridgehead atoms. The lowest BCUT2D eigenvalue weighted by Gasteiger charge is -2.28. The van der Waals surface area contributed by atoms with Gasteiger partial charge in [-0.3, -0.25) is 4.79 Å². The SMILES string of the molecule is C[C@@H](NCC(=O)Nc1ccccc1)C1CCCCC1. The van der Waals surface area contributed by atoms with Crippen LogP contribution in [0.3, 0.4) is 0 Å². The van der Waals surface area contributed by atoms with Gasteiger partial charge in [-0.2, -0.15) is 0 Å². The number of anilines is 1. The van der Waals surface area contributed by atoms with Crippen molar-refractivity contribution in [2.75, 3.05) is 11.9 Å². The second-order valence-electron chi connectivity index (χ2n) is 5.48. The number of hydrogen-bond donors (Lipinski definition) is 2. The first-order valence-corrected chi connectivity index (χ1v) is 7.34. The maximum Gasteiger partial charge on any atom is 0.238 e. The zero-order chi connectivity index (χ0) is 13.5. The predicted molar refractivity (Wildman–Crippen MR) is 79.1 cm³/mol. The van der Waals surface area contributed by atoms with Gasteiger partial charge in [0.25, 0.3) is 0 Å². The molecule has 1 saturated carbocycles. The van der Waals surface area contributed by atoms with E-state index >= 15 is 0 Å². The molecular weight excluding hydrogens is 236 g/mol. The van der Waals surface area contributed by atoms with E-state index in [1.165, 1.54) is 32.1 Å². The standard InChI is InChI=1S/C16H24N2O/c1-13(14-8-4-2-5-9-14)17-12-16(19)18-15-10-6-3-7-11-15/h3,6-7,10-11,13-14,17H,2,4-5,8-9,12H2,1H3,(H,18,19)/t13-/m1/s1. The third-order valence-electron chi connectivity index (χ3n) is 4.00. The molecule has 19 heavy (non-hydrogen) atoms. The molecule has 0 radical (unpaired) electrons. The molecule has 2 rings (SSSR count). The van der Waals surface area contributed by atoms with Crippen molar-refractivity contribution in [3.8, 4) is 0 Å². The van der Waals surface area contributed by atoms with Crippen LogP contribution in [0.5, 0.6) is 0 Å². The van der Waals surface area contributed by atoms with Crippen LogP contribution in [0.1, 0.15) is 39.0 Å². The molecule has 1 amide bonds. The Hall–Kier alpha value is -1.35. The van der Waals surface area contributed by atoms with E-state index in [1.54, 1.807) is 0 Å². The molecule has 0 saturated heterocycles. The summed E-state index contributed by atoms with van der Waals surface area (Å²) in [7, 11) is 0. The third-order valence-corrected chi connectivity index (χ3v) is 4.00. The highest BCUT2D eigenvalue weighted by atomic mass is 16.1. The lowest BCUT2D eigenvalue weighted by molar-refractivity contribution is -0.115. The summed E-state index contributed by atoms with van der Waals surface area (Å²) in [5, 5.41) is 6.26. The van der Waals surface area contributed by atoms with Crippen molar-refractivity contribution in [2.24, 2.45) is 5.92 Å². The normalized spacial score (nSPS) is 17.9. The van der Waals surface area contributed by atoms with E-state index in [0.717, 1.165) is 11.6 Å². The molecule has 1 aliphatic rings. The van der Waals surface area contributed by atoms with Crippen molar-refractivity contribution in [1.29, 1.82) is 0 Å². The summed E-state index contributed by atoms with van der Waals surface area (Å²) >= 11 is 0. The third kappa shape index (κ3) is 4.67. The molecule has 0 unspecified atom stereocenters. The maximum atomic E-state index is 11.8. The van der Waals surface area contributed by atoms with Crippen molar-refractivity contribution in [2.45, 2.75) is 45.1 Å². The number of carbonyl (C=O) groups is 1. The van der Waals surface area contributed by atoms with Crippen LogP contribution in [-0.4, -0.2) is 18.5 Å². The number of amides is 1. The molecular formula is C16H24N2O. The van der Waals surface area contributed by atoms with Gasteiger partial charge < -0.3 is 10.6 Å². The summed E-state index contributed by atoms with van der Waals surface area (Å²) in [6.07, 6.45) is 6.65. The second kappa shape index (κ2) is 7.29. The van der Waals surface area contributed by atoms with E-state index < -0.39 is 0 Å². The van der Waals surface area contributed by atoms with E-state index in [0.29, 0.717) is 12.6 Å². The molecule has 1 aromatic carbocycles. The van der Waals surface area contributed by atoms with Crippen LogP contribution in [0.25, 0.3) is 0 Å². The van der Waals surface area contributed by atoms with Crippen LogP contribution in [0.15, 0.2) is 30.3 Å². The Morgan fingerprint density at radius 3 is 2.58 bits per heavy atom. The second-order valence-corrected chi connectivity index (χ2v) is 5.48. The first-order valence-electron chi connectivity index (χ1n) is 7.34. The van der Waals surface area contributed by atoms with E-state index in [9.17, 15) is 4.79 Å². The summed E-state index contributed by atoms with van der Waals surface area (Å²) in [6, 6.07) is 10.0. The highest BCUT2D eigenvalue weighted by Gasteiger charge is 2.20. The van der Waals surface area contributed by atoms with Crippen LogP contribution >= 0.6 is 0 Å². The Bertz CT molecular complexity index is 385. The summed E-state index contributed by atoms with van der Waals surface area (Å²) in [4.78, 5) is 11.8. The fraction of sp³-hybridized carbons (Fsp3) is 0.562. The van der Waals surface area contributed by atoms with Crippen molar-refractivity contribution >= 4 is 11.6 Å². The van der Waals surface area contributed by atoms with E-state index in [2.05, 4.69) is 17.6 Å². The predicted octanol–water partition coefficient (Wildman–Crippen LogP) is 3.18. The van der Waals surface area contributed by atoms with Crippen molar-refractivity contribution in [3.63, 3.8) is 0 Å². The molecule has 2 N–H and O–H groups in total. The molecule has 1 aliphatic carbocycles. The number of nitrogens with one attached hydrogen (secondary N) is 2. The molecule has 0 aromatic heterocycles. The molecule has 104 valence electrons. The lowest BCUT2D eigenvalue weighted by Crippen LogP contribution is -2.39. The number of hydrogen-bond acceptors (Lipinski definition) is 2. The molecule has 1 fully saturated rings. The summed E-state index contributed by atoms with van der Waals surface area (Å²) in [5.41, 5.74) is 0.861. The maximum absolute atomic E-state index is 11.8. The number of benzene rings is 1. The molecule has 0 spiro atoms. The zero-order valence-corrected chi connectivity index (χ0v) is 11.7. The summed E-state index contributed by atoms with van der Waals surface area (Å²) < 4.78 is 0. The van der Waals surface area contributed by atoms with Crippen molar-refractivity contribution in [3.05, 3.63) is 30.3 Å². The van der Waals surface area contributed by atoms with Crippen LogP contribution in [0, 0.1) is 5.92 Å². The quantitative estimate of drug-likeness (QED) is 0.853. The Morgan fingerprint density at radius 1 is 1.21 bits per heavy atom. The minimum absolute atomic E-state index is 0.0360. The lowest BCUT2D eigenvalue weighted by atomic mass is 9.84. The fourth-order valence-electron chi connectivity index (χ4n) is 2.78. The minimum atomic E-state index is 0.0360. The van der Waals surface area contributed by atoms with Gasteiger partial charge in [-0.1, -0.05) is 37.5 Å². The van der Waals surface area contributed by atoms with Crippen LogP contribution in [0.2, 0.25) is 0 Å². The Balaban J connectivity index is 1.71. The largest absolute Gasteiger partial charge is 0.325 e. The van der Waals surface area contributed by atoms with E-state index in [-0.39, 0.29) is 5.91 Å². The molecule has 1 aromatic rings. The molecule has 3 heteroatoms. The van der Waals surface area contributed by atoms with Gasteiger partial charge >= 0.3 is 0 Å². The zero-order valence-electron chi connectivity index (χ0n) is 11.7. The highest BCUT2D eigenvalue weighted by Crippen LogP contribution is 2.26. The Labute approximate surface area is 115 Å². The van der Waals surface area contributed by atoms with E-state index in [1.807, 2.05) is 30.3 Å². The Morgan fingerprint density at radius 2 is 1.89 bits per heavy atom. The Kier molecular flexibility index (Phi) is 5.40. The van der Waals surface area contributed by atoms with Gasteiger partial charge in [-0.05, 0) is 37.8 Å². The molecule has 3 nitrogen and oxygen atoms in total. The van der Waals surface area contributed by atoms with Gasteiger partial charge in [0.15, 0.2) is 0 Å². The number of carbonyl (C=O) groups excluding carboxylic acids is 1. The molecule has 0 aliphatic heterocycles. The highest BCUT2D eigenvalue weighted by molar-refractivity contribution is 5.92. The smallest absolute Gasteiger partial charge is 0.238 e. The summed E-state index contributed by atoms with van der Waals surface area (Å²) in [6.45, 7) is 2.60. The van der Waals surface area contributed by atoms with Gasteiger partial charge in [0.1, 0.15) is 0 Å². The average molecular weight is 260 g/mol. The monoisotopic (exact) mass is 260 g/mol. The topological polar surface area (TPSA) is 41.1 Å². The number of para-hydroxylation sites is 1. The molecule has 0 heterocycles. The van der Waals surface area contributed by atoms with Gasteiger partial charge in [-0.15, -0.1) is 0 Å². The van der Waals surface area contributed by atoms with Crippen LogP contribution < -0.4 is 10.6 Å². The van der Waals surface area contributed by atoms with Crippen LogP contribution in [0.4, 0.5) is 5.69 Å². The van der Waals surface area contributed by atoms with Gasteiger partial charge in [-0.25, -0.2) is 0 Å². The summed E-state index contributed by atoms with van der Waals surface area (Å²) in [5.74, 6) is 0.770. The van der Waals surface area contributed by atoms with Gasteiger partial charge in [0.2, 0.25) is 5.91 Å². The van der Waals surface area contributed by atoms with Gasteiger partial charge in [0, 0.05) is 11.7 Å². The fourth-order valence-corrected chi connectivity index (χ4v) is 2.78. The van der Waals surface area contributed by atoms with Crippen LogP contribution in [-0.2, 0) is 4.79 Å². The van der Waals surface area contributed by atoms with E-state index in [4.69, 9.17) is 0 Å². The number of rotatable bonds is 5. The average Bonchev–Trinajstić information content (AvgIpc) is 2.47. The first kappa shape index (κ1) is 14.1. The van der Waals surface area contributed by atoms with Crippen molar-refractivity contribution in [1.82, 2.24) is 5.32 Å². The first-order chi connectivity index (χ1) is 9.25. The van der Waals surface area contributed by atoms with Crippen molar-refractivity contribution < 1.29 is 4.79 Å². The minimum Gasteiger partial charge on any atom is -0.325 e. The molecule has 1 atom stereocenters. The van der Waals surface area contributed by atoms with Gasteiger partial charge in [0.05, 0.1) is 6.54 Å².